The SMILES string of the molecule is O=C(NCc1ccno1)N1CCC(C(=O)O)(C(F)(F)F)C1. The van der Waals surface area contributed by atoms with Gasteiger partial charge in [0.2, 0.25) is 0 Å². The second kappa shape index (κ2) is 5.26. The molecule has 0 aromatic carbocycles. The van der Waals surface area contributed by atoms with Gasteiger partial charge in [-0.3, -0.25) is 4.79 Å². The minimum Gasteiger partial charge on any atom is -0.481 e. The lowest BCUT2D eigenvalue weighted by Crippen LogP contribution is -2.48. The molecule has 1 aliphatic heterocycles. The van der Waals surface area contributed by atoms with Gasteiger partial charge in [0.1, 0.15) is 0 Å². The Kier molecular flexibility index (Phi) is 3.79. The van der Waals surface area contributed by atoms with Crippen LogP contribution in [0.1, 0.15) is 12.2 Å². The zero-order valence-electron chi connectivity index (χ0n) is 10.7. The molecule has 0 saturated carbocycles. The standard InChI is InChI=1S/C11H12F3N3O4/c12-11(13,14)10(8(18)19)2-4-17(6-10)9(20)15-5-7-1-3-16-21-7/h1,3H,2,4-6H2,(H,15,20)(H,18,19). The minimum absolute atomic E-state index is 0.0403. The number of hydrogen-bond acceptors (Lipinski definition) is 4. The fourth-order valence-electron chi connectivity index (χ4n) is 2.12. The Morgan fingerprint density at radius 2 is 2.24 bits per heavy atom. The molecule has 2 rings (SSSR count). The first-order valence-electron chi connectivity index (χ1n) is 5.99. The fourth-order valence-corrected chi connectivity index (χ4v) is 2.12. The number of halogens is 3. The number of aromatic nitrogens is 1. The Balaban J connectivity index is 2.00. The third kappa shape index (κ3) is 2.78. The number of aliphatic carboxylic acids is 1. The van der Waals surface area contributed by atoms with E-state index in [9.17, 15) is 22.8 Å². The number of likely N-dealkylation sites (tertiary alicyclic amines) is 1. The van der Waals surface area contributed by atoms with E-state index < -0.39 is 36.6 Å². The molecule has 0 spiro atoms. The number of rotatable bonds is 3. The smallest absolute Gasteiger partial charge is 0.406 e. The van der Waals surface area contributed by atoms with Gasteiger partial charge in [0.25, 0.3) is 0 Å². The van der Waals surface area contributed by atoms with Crippen LogP contribution in [-0.4, -0.2) is 46.4 Å². The van der Waals surface area contributed by atoms with E-state index in [2.05, 4.69) is 10.5 Å². The number of carbonyl (C=O) groups excluding carboxylic acids is 1. The van der Waals surface area contributed by atoms with E-state index in [1.54, 1.807) is 0 Å². The van der Waals surface area contributed by atoms with Crippen LogP contribution in [0.5, 0.6) is 0 Å². The van der Waals surface area contributed by atoms with Crippen LogP contribution in [0.4, 0.5) is 18.0 Å². The molecule has 1 saturated heterocycles. The van der Waals surface area contributed by atoms with Gasteiger partial charge in [-0.15, -0.1) is 0 Å². The highest BCUT2D eigenvalue weighted by Crippen LogP contribution is 2.45. The van der Waals surface area contributed by atoms with E-state index >= 15 is 0 Å². The molecule has 2 amide bonds. The first-order valence-corrected chi connectivity index (χ1v) is 5.99. The molecule has 0 bridgehead atoms. The third-order valence-corrected chi connectivity index (χ3v) is 3.41. The summed E-state index contributed by atoms with van der Waals surface area (Å²) in [4.78, 5) is 23.6. The Morgan fingerprint density at radius 1 is 1.52 bits per heavy atom. The van der Waals surface area contributed by atoms with Crippen LogP contribution in [0.3, 0.4) is 0 Å². The molecule has 1 aliphatic rings. The van der Waals surface area contributed by atoms with Crippen molar-refractivity contribution in [2.45, 2.75) is 19.1 Å². The van der Waals surface area contributed by atoms with Gasteiger partial charge in [0, 0.05) is 19.2 Å². The lowest BCUT2D eigenvalue weighted by molar-refractivity contribution is -0.226. The summed E-state index contributed by atoms with van der Waals surface area (Å²) in [6, 6.07) is 0.709. The number of carboxylic acids is 1. The normalized spacial score (nSPS) is 22.3. The van der Waals surface area contributed by atoms with Gasteiger partial charge >= 0.3 is 18.2 Å². The van der Waals surface area contributed by atoms with Crippen molar-refractivity contribution in [3.63, 3.8) is 0 Å². The largest absolute Gasteiger partial charge is 0.481 e. The lowest BCUT2D eigenvalue weighted by atomic mass is 9.86. The van der Waals surface area contributed by atoms with Crippen LogP contribution in [0, 0.1) is 5.41 Å². The number of nitrogens with one attached hydrogen (secondary N) is 1. The summed E-state index contributed by atoms with van der Waals surface area (Å²) in [7, 11) is 0. The second-order valence-corrected chi connectivity index (χ2v) is 4.69. The van der Waals surface area contributed by atoms with Crippen molar-refractivity contribution in [2.24, 2.45) is 5.41 Å². The number of carboxylic acid groups (broad SMARTS) is 1. The van der Waals surface area contributed by atoms with Gasteiger partial charge < -0.3 is 19.8 Å². The predicted molar refractivity (Wildman–Crippen MR) is 61.1 cm³/mol. The van der Waals surface area contributed by atoms with Crippen molar-refractivity contribution in [1.82, 2.24) is 15.4 Å². The summed E-state index contributed by atoms with van der Waals surface area (Å²) < 4.78 is 43.6. The fraction of sp³-hybridized carbons (Fsp3) is 0.545. The summed E-state index contributed by atoms with van der Waals surface area (Å²) >= 11 is 0. The van der Waals surface area contributed by atoms with Gasteiger partial charge in [0.15, 0.2) is 11.2 Å². The Morgan fingerprint density at radius 3 is 2.71 bits per heavy atom. The number of alkyl halides is 3. The van der Waals surface area contributed by atoms with Gasteiger partial charge in [-0.05, 0) is 6.42 Å². The Bertz CT molecular complexity index is 531. The molecule has 1 atom stereocenters. The Hall–Kier alpha value is -2.26. The molecule has 21 heavy (non-hydrogen) atoms. The van der Waals surface area contributed by atoms with Crippen molar-refractivity contribution in [3.05, 3.63) is 18.0 Å². The number of urea groups is 1. The van der Waals surface area contributed by atoms with Gasteiger partial charge in [-0.2, -0.15) is 13.2 Å². The lowest BCUT2D eigenvalue weighted by Gasteiger charge is -2.27. The molecule has 1 unspecified atom stereocenters. The van der Waals surface area contributed by atoms with Crippen LogP contribution in [0.15, 0.2) is 16.8 Å². The van der Waals surface area contributed by atoms with Gasteiger partial charge in [-0.25, -0.2) is 4.79 Å². The highest BCUT2D eigenvalue weighted by molar-refractivity contribution is 5.80. The van der Waals surface area contributed by atoms with Crippen LogP contribution < -0.4 is 5.32 Å². The van der Waals surface area contributed by atoms with E-state index in [1.807, 2.05) is 0 Å². The number of nitrogens with zero attached hydrogens (tertiary/aromatic N) is 2. The topological polar surface area (TPSA) is 95.7 Å². The van der Waals surface area contributed by atoms with E-state index in [0.29, 0.717) is 5.76 Å². The highest BCUT2D eigenvalue weighted by Gasteiger charge is 2.64. The maximum Gasteiger partial charge on any atom is 0.406 e. The number of hydrogen-bond donors (Lipinski definition) is 2. The van der Waals surface area contributed by atoms with Crippen molar-refractivity contribution in [1.29, 1.82) is 0 Å². The van der Waals surface area contributed by atoms with E-state index in [1.165, 1.54) is 12.3 Å². The summed E-state index contributed by atoms with van der Waals surface area (Å²) in [6.45, 7) is -1.23. The first-order chi connectivity index (χ1) is 9.76. The summed E-state index contributed by atoms with van der Waals surface area (Å²) in [6.07, 6.45) is -4.23. The molecular formula is C11H12F3N3O4. The van der Waals surface area contributed by atoms with Crippen molar-refractivity contribution in [3.8, 4) is 0 Å². The molecule has 1 aromatic rings. The molecule has 116 valence electrons. The molecule has 10 heteroatoms. The van der Waals surface area contributed by atoms with Crippen LogP contribution in [0.2, 0.25) is 0 Å². The molecule has 1 aromatic heterocycles. The average Bonchev–Trinajstić information content (AvgIpc) is 3.04. The monoisotopic (exact) mass is 307 g/mol. The zero-order valence-corrected chi connectivity index (χ0v) is 10.7. The van der Waals surface area contributed by atoms with E-state index in [0.717, 1.165) is 4.90 Å². The third-order valence-electron chi connectivity index (χ3n) is 3.41. The molecule has 7 nitrogen and oxygen atoms in total. The van der Waals surface area contributed by atoms with E-state index in [-0.39, 0.29) is 13.1 Å². The zero-order chi connectivity index (χ0) is 15.7. The number of amides is 2. The maximum atomic E-state index is 13.0. The Labute approximate surface area is 116 Å². The summed E-state index contributed by atoms with van der Waals surface area (Å²) in [5.41, 5.74) is -2.91. The first kappa shape index (κ1) is 15.1. The number of carbonyl (C=O) groups is 2. The van der Waals surface area contributed by atoms with Crippen LogP contribution >= 0.6 is 0 Å². The molecule has 2 N–H and O–H groups in total. The van der Waals surface area contributed by atoms with Crippen molar-refractivity contribution < 1.29 is 32.4 Å². The molecular weight excluding hydrogens is 295 g/mol. The van der Waals surface area contributed by atoms with Crippen LogP contribution in [-0.2, 0) is 11.3 Å². The predicted octanol–water partition coefficient (Wildman–Crippen LogP) is 1.22. The van der Waals surface area contributed by atoms with Crippen LogP contribution in [0.25, 0.3) is 0 Å². The molecule has 0 radical (unpaired) electrons. The van der Waals surface area contributed by atoms with E-state index in [4.69, 9.17) is 9.63 Å². The van der Waals surface area contributed by atoms with Crippen molar-refractivity contribution >= 4 is 12.0 Å². The average molecular weight is 307 g/mol. The molecule has 0 aliphatic carbocycles. The maximum absolute atomic E-state index is 13.0. The summed E-state index contributed by atoms with van der Waals surface area (Å²) in [5, 5.41) is 14.6. The minimum atomic E-state index is -4.92. The second-order valence-electron chi connectivity index (χ2n) is 4.69. The van der Waals surface area contributed by atoms with Gasteiger partial charge in [-0.1, -0.05) is 5.16 Å². The molecule has 1 fully saturated rings. The highest BCUT2D eigenvalue weighted by atomic mass is 19.4. The van der Waals surface area contributed by atoms with Gasteiger partial charge in [0.05, 0.1) is 12.7 Å². The summed E-state index contributed by atoms with van der Waals surface area (Å²) in [5.74, 6) is -1.64. The van der Waals surface area contributed by atoms with Crippen molar-refractivity contribution in [2.75, 3.05) is 13.1 Å². The quantitative estimate of drug-likeness (QED) is 0.875. The molecule has 2 heterocycles.